The highest BCUT2D eigenvalue weighted by molar-refractivity contribution is 5.92. The van der Waals surface area contributed by atoms with Crippen molar-refractivity contribution in [2.24, 2.45) is 0 Å². The summed E-state index contributed by atoms with van der Waals surface area (Å²) >= 11 is 0. The number of hydrogen-bond acceptors (Lipinski definition) is 7. The third kappa shape index (κ3) is 4.51. The Kier molecular flexibility index (Phi) is 5.66. The molecule has 0 aliphatic carbocycles. The molecule has 1 aromatic carbocycles. The number of carbonyl (C=O) groups is 2. The van der Waals surface area contributed by atoms with Crippen molar-refractivity contribution in [1.29, 1.82) is 0 Å². The van der Waals surface area contributed by atoms with Gasteiger partial charge in [-0.3, -0.25) is 14.5 Å². The zero-order valence-electron chi connectivity index (χ0n) is 16.3. The van der Waals surface area contributed by atoms with Crippen LogP contribution >= 0.6 is 0 Å². The number of piperazine rings is 1. The number of nitrogens with one attached hydrogen (secondary N) is 1. The molecule has 29 heavy (non-hydrogen) atoms. The van der Waals surface area contributed by atoms with E-state index in [2.05, 4.69) is 15.4 Å². The number of hydrogen-bond donors (Lipinski definition) is 1. The third-order valence-electron chi connectivity index (χ3n) is 5.03. The monoisotopic (exact) mass is 400 g/mol. The first-order chi connectivity index (χ1) is 14.1. The molecule has 1 unspecified atom stereocenters. The minimum Gasteiger partial charge on any atom is -0.485 e. The quantitative estimate of drug-likeness (QED) is 0.789. The van der Waals surface area contributed by atoms with Crippen molar-refractivity contribution in [3.63, 3.8) is 0 Å². The Bertz CT molecular complexity index is 875. The molecular formula is C20H24N4O5. The van der Waals surface area contributed by atoms with Crippen LogP contribution in [0.3, 0.4) is 0 Å². The van der Waals surface area contributed by atoms with E-state index in [0.717, 1.165) is 13.1 Å². The molecule has 0 radical (unpaired) electrons. The maximum atomic E-state index is 12.4. The van der Waals surface area contributed by atoms with Crippen LogP contribution in [0.2, 0.25) is 0 Å². The molecule has 9 nitrogen and oxygen atoms in total. The molecule has 3 heterocycles. The van der Waals surface area contributed by atoms with Crippen LogP contribution in [-0.4, -0.2) is 78.8 Å². The van der Waals surface area contributed by atoms with Gasteiger partial charge in [0, 0.05) is 45.3 Å². The third-order valence-corrected chi connectivity index (χ3v) is 5.03. The molecule has 1 atom stereocenters. The van der Waals surface area contributed by atoms with Gasteiger partial charge < -0.3 is 24.2 Å². The number of rotatable bonds is 5. The number of carbonyl (C=O) groups excluding carboxylic acids is 2. The highest BCUT2D eigenvalue weighted by atomic mass is 16.6. The van der Waals surface area contributed by atoms with Crippen LogP contribution in [0.15, 0.2) is 34.9 Å². The Hall–Kier alpha value is -3.07. The summed E-state index contributed by atoms with van der Waals surface area (Å²) in [6.07, 6.45) is -0.648. The number of fused-ring (bicyclic) bond motifs is 1. The van der Waals surface area contributed by atoms with Crippen LogP contribution in [0.5, 0.6) is 11.5 Å². The molecule has 2 aromatic rings. The molecule has 9 heteroatoms. The van der Waals surface area contributed by atoms with E-state index in [1.807, 2.05) is 18.2 Å². The van der Waals surface area contributed by atoms with Crippen LogP contribution in [-0.2, 0) is 4.79 Å². The van der Waals surface area contributed by atoms with E-state index in [1.54, 1.807) is 24.0 Å². The average Bonchev–Trinajstić information content (AvgIpc) is 3.19. The molecule has 0 saturated carbocycles. The Morgan fingerprint density at radius 2 is 1.93 bits per heavy atom. The summed E-state index contributed by atoms with van der Waals surface area (Å²) in [5.74, 6) is 1.57. The van der Waals surface area contributed by atoms with Gasteiger partial charge in [0.2, 0.25) is 6.10 Å². The molecule has 1 fully saturated rings. The highest BCUT2D eigenvalue weighted by Crippen LogP contribution is 2.30. The predicted molar refractivity (Wildman–Crippen MR) is 103 cm³/mol. The molecule has 2 aliphatic heterocycles. The summed E-state index contributed by atoms with van der Waals surface area (Å²) in [5, 5.41) is 6.69. The Morgan fingerprint density at radius 3 is 2.66 bits per heavy atom. The fourth-order valence-electron chi connectivity index (χ4n) is 3.40. The molecule has 1 saturated heterocycles. The molecule has 4 rings (SSSR count). The Labute approximate surface area is 168 Å². The van der Waals surface area contributed by atoms with Crippen molar-refractivity contribution >= 4 is 11.8 Å². The summed E-state index contributed by atoms with van der Waals surface area (Å²) < 4.78 is 16.3. The number of aryl methyl sites for hydroxylation is 1. The lowest BCUT2D eigenvalue weighted by molar-refractivity contribution is -0.130. The van der Waals surface area contributed by atoms with Gasteiger partial charge in [-0.1, -0.05) is 17.3 Å². The highest BCUT2D eigenvalue weighted by Gasteiger charge is 2.28. The normalized spacial score (nSPS) is 19.1. The summed E-state index contributed by atoms with van der Waals surface area (Å²) in [7, 11) is 0. The molecule has 2 amide bonds. The molecular weight excluding hydrogens is 376 g/mol. The molecule has 1 aromatic heterocycles. The minimum atomic E-state index is -0.648. The van der Waals surface area contributed by atoms with Crippen LogP contribution < -0.4 is 14.8 Å². The summed E-state index contributed by atoms with van der Waals surface area (Å²) in [6.45, 7) is 5.91. The van der Waals surface area contributed by atoms with E-state index in [-0.39, 0.29) is 18.4 Å². The van der Waals surface area contributed by atoms with E-state index < -0.39 is 6.10 Å². The maximum Gasteiger partial charge on any atom is 0.276 e. The van der Waals surface area contributed by atoms with Gasteiger partial charge >= 0.3 is 0 Å². The van der Waals surface area contributed by atoms with Gasteiger partial charge in [0.1, 0.15) is 12.4 Å². The molecule has 2 aliphatic rings. The van der Waals surface area contributed by atoms with E-state index in [0.29, 0.717) is 49.1 Å². The zero-order chi connectivity index (χ0) is 20.2. The van der Waals surface area contributed by atoms with Crippen LogP contribution in [0.4, 0.5) is 0 Å². The molecule has 154 valence electrons. The van der Waals surface area contributed by atoms with E-state index in [1.165, 1.54) is 0 Å². The first-order valence-electron chi connectivity index (χ1n) is 9.71. The standard InChI is InChI=1S/C20H24N4O5/c1-14-12-15(22-29-14)20(26)24-10-8-23(9-11-24)7-6-21-19(25)18-13-27-16-4-2-3-5-17(16)28-18/h2-5,12,18H,6-11,13H2,1H3,(H,21,25). The van der Waals surface area contributed by atoms with Crippen LogP contribution in [0, 0.1) is 6.92 Å². The van der Waals surface area contributed by atoms with Crippen LogP contribution in [0.25, 0.3) is 0 Å². The zero-order valence-corrected chi connectivity index (χ0v) is 16.3. The Morgan fingerprint density at radius 1 is 1.17 bits per heavy atom. The van der Waals surface area contributed by atoms with Gasteiger partial charge in [0.25, 0.3) is 11.8 Å². The van der Waals surface area contributed by atoms with Gasteiger partial charge in [-0.25, -0.2) is 0 Å². The largest absolute Gasteiger partial charge is 0.485 e. The number of aromatic nitrogens is 1. The number of benzene rings is 1. The van der Waals surface area contributed by atoms with Crippen molar-refractivity contribution in [1.82, 2.24) is 20.3 Å². The number of nitrogens with zero attached hydrogens (tertiary/aromatic N) is 3. The van der Waals surface area contributed by atoms with E-state index in [4.69, 9.17) is 14.0 Å². The van der Waals surface area contributed by atoms with Gasteiger partial charge in [-0.2, -0.15) is 0 Å². The first-order valence-corrected chi connectivity index (χ1v) is 9.71. The fourth-order valence-corrected chi connectivity index (χ4v) is 3.40. The summed E-state index contributed by atoms with van der Waals surface area (Å²) in [5.41, 5.74) is 0.347. The van der Waals surface area contributed by atoms with Crippen molar-refractivity contribution in [2.45, 2.75) is 13.0 Å². The lowest BCUT2D eigenvalue weighted by atomic mass is 10.2. The van der Waals surface area contributed by atoms with Gasteiger partial charge in [-0.15, -0.1) is 0 Å². The van der Waals surface area contributed by atoms with Crippen LogP contribution in [0.1, 0.15) is 16.2 Å². The molecule has 1 N–H and O–H groups in total. The second-order valence-corrected chi connectivity index (χ2v) is 7.11. The lowest BCUT2D eigenvalue weighted by Crippen LogP contribution is -2.51. The molecule has 0 bridgehead atoms. The maximum absolute atomic E-state index is 12.4. The summed E-state index contributed by atoms with van der Waals surface area (Å²) in [4.78, 5) is 28.7. The van der Waals surface area contributed by atoms with E-state index in [9.17, 15) is 9.59 Å². The van der Waals surface area contributed by atoms with Crippen molar-refractivity contribution < 1.29 is 23.6 Å². The van der Waals surface area contributed by atoms with Gasteiger partial charge in [0.05, 0.1) is 0 Å². The van der Waals surface area contributed by atoms with Crippen molar-refractivity contribution in [3.05, 3.63) is 41.8 Å². The van der Waals surface area contributed by atoms with Crippen molar-refractivity contribution in [2.75, 3.05) is 45.9 Å². The number of para-hydroxylation sites is 2. The smallest absolute Gasteiger partial charge is 0.276 e. The number of amides is 2. The summed E-state index contributed by atoms with van der Waals surface area (Å²) in [6, 6.07) is 8.96. The number of ether oxygens (including phenoxy) is 2. The van der Waals surface area contributed by atoms with E-state index >= 15 is 0 Å². The SMILES string of the molecule is Cc1cc(C(=O)N2CCN(CCNC(=O)C3COc4ccccc4O3)CC2)no1. The molecule has 0 spiro atoms. The Balaban J connectivity index is 1.17. The topological polar surface area (TPSA) is 97.1 Å². The predicted octanol–water partition coefficient (Wildman–Crippen LogP) is 0.697. The minimum absolute atomic E-state index is 0.107. The van der Waals surface area contributed by atoms with Crippen molar-refractivity contribution in [3.8, 4) is 11.5 Å². The second kappa shape index (κ2) is 8.52. The lowest BCUT2D eigenvalue weighted by Gasteiger charge is -2.34. The fraction of sp³-hybridized carbons (Fsp3) is 0.450. The second-order valence-electron chi connectivity index (χ2n) is 7.11. The first kappa shape index (κ1) is 19.3. The van der Waals surface area contributed by atoms with Gasteiger partial charge in [0.15, 0.2) is 17.2 Å². The average molecular weight is 400 g/mol. The van der Waals surface area contributed by atoms with Gasteiger partial charge in [-0.05, 0) is 19.1 Å².